The molecule has 2 fully saturated rings. The number of thioether (sulfide) groups is 1. The Morgan fingerprint density at radius 3 is 2.92 bits per heavy atom. The minimum atomic E-state index is -0.648. The van der Waals surface area contributed by atoms with Crippen LogP contribution < -0.4 is 10.6 Å². The highest BCUT2D eigenvalue weighted by Gasteiger charge is 2.42. The molecule has 0 radical (unpaired) electrons. The van der Waals surface area contributed by atoms with Crippen molar-refractivity contribution >= 4 is 51.1 Å². The number of hydrogen-bond acceptors (Lipinski definition) is 4. The monoisotopic (exact) mass is 425 g/mol. The van der Waals surface area contributed by atoms with E-state index in [4.69, 9.17) is 0 Å². The topological polar surface area (TPSA) is 86.3 Å². The fourth-order valence-corrected chi connectivity index (χ4v) is 4.88. The van der Waals surface area contributed by atoms with Crippen molar-refractivity contribution in [2.75, 3.05) is 36.6 Å². The Hall–Kier alpha value is -1.58. The lowest BCUT2D eigenvalue weighted by atomic mass is 10.1. The van der Waals surface area contributed by atoms with E-state index in [0.717, 1.165) is 16.1 Å². The highest BCUT2D eigenvalue weighted by atomic mass is 79.9. The molecule has 3 aliphatic rings. The van der Waals surface area contributed by atoms with E-state index in [1.165, 1.54) is 0 Å². The molecule has 3 amide bonds. The van der Waals surface area contributed by atoms with Crippen molar-refractivity contribution in [3.05, 3.63) is 28.2 Å². The summed E-state index contributed by atoms with van der Waals surface area (Å²) in [7, 11) is 0. The van der Waals surface area contributed by atoms with Crippen LogP contribution in [0.5, 0.6) is 0 Å². The number of nitrogens with zero attached hydrogens (tertiary/aromatic N) is 2. The lowest BCUT2D eigenvalue weighted by Gasteiger charge is -2.39. The Balaban J connectivity index is 1.58. The van der Waals surface area contributed by atoms with E-state index in [1.54, 1.807) is 39.8 Å². The van der Waals surface area contributed by atoms with Crippen molar-refractivity contribution in [3.63, 3.8) is 0 Å². The standard InChI is InChI=1S/C16H17BrN4O3S/c17-9-1-2-11-10(5-9)15(23)21-4-3-20(6-13(21)14(22)19-11)16(24)12-7-25-8-18-12/h1-2,5,12-13,18H,3-4,6-8H2,(H,19,22)/p+1/t12-,13+/m0/s1. The minimum Gasteiger partial charge on any atom is -0.333 e. The normalized spacial score (nSPS) is 26.0. The van der Waals surface area contributed by atoms with Crippen molar-refractivity contribution in [1.29, 1.82) is 0 Å². The van der Waals surface area contributed by atoms with Crippen molar-refractivity contribution in [2.45, 2.75) is 12.1 Å². The highest BCUT2D eigenvalue weighted by Crippen LogP contribution is 2.28. The Labute approximate surface area is 157 Å². The van der Waals surface area contributed by atoms with Crippen molar-refractivity contribution in [1.82, 2.24) is 9.80 Å². The molecule has 0 bridgehead atoms. The van der Waals surface area contributed by atoms with Gasteiger partial charge in [0.25, 0.3) is 11.8 Å². The predicted molar refractivity (Wildman–Crippen MR) is 97.2 cm³/mol. The molecule has 1 aromatic carbocycles. The SMILES string of the molecule is O=C1Nc2ccc(Br)cc2C(=O)N2CCN(C(=O)[C@@H]3CSC[NH2+]3)C[C@H]12. The number of carbonyl (C=O) groups is 3. The van der Waals surface area contributed by atoms with Crippen LogP contribution in [0.15, 0.2) is 22.7 Å². The fraction of sp³-hybridized carbons (Fsp3) is 0.438. The van der Waals surface area contributed by atoms with E-state index in [0.29, 0.717) is 24.3 Å². The molecule has 2 atom stereocenters. The first-order valence-electron chi connectivity index (χ1n) is 8.16. The average Bonchev–Trinajstić information content (AvgIpc) is 3.13. The summed E-state index contributed by atoms with van der Waals surface area (Å²) < 4.78 is 0.787. The molecule has 3 heterocycles. The van der Waals surface area contributed by atoms with Crippen LogP contribution in [0.1, 0.15) is 10.4 Å². The lowest BCUT2D eigenvalue weighted by molar-refractivity contribution is -0.649. The molecular formula is C16H18BrN4O3S+. The van der Waals surface area contributed by atoms with Crippen LogP contribution in [0.2, 0.25) is 0 Å². The second-order valence-corrected chi connectivity index (χ2v) is 8.35. The fourth-order valence-electron chi connectivity index (χ4n) is 3.48. The number of benzene rings is 1. The van der Waals surface area contributed by atoms with Gasteiger partial charge >= 0.3 is 0 Å². The third-order valence-electron chi connectivity index (χ3n) is 4.84. The van der Waals surface area contributed by atoms with Gasteiger partial charge in [-0.2, -0.15) is 0 Å². The van der Waals surface area contributed by atoms with E-state index < -0.39 is 6.04 Å². The van der Waals surface area contributed by atoms with Crippen molar-refractivity contribution in [2.24, 2.45) is 0 Å². The van der Waals surface area contributed by atoms with Gasteiger partial charge in [0.1, 0.15) is 11.9 Å². The van der Waals surface area contributed by atoms with E-state index in [2.05, 4.69) is 21.2 Å². The van der Waals surface area contributed by atoms with Gasteiger partial charge in [-0.25, -0.2) is 0 Å². The quantitative estimate of drug-likeness (QED) is 0.646. The Morgan fingerprint density at radius 1 is 1.32 bits per heavy atom. The first-order chi connectivity index (χ1) is 12.0. The van der Waals surface area contributed by atoms with Gasteiger partial charge in [0.05, 0.1) is 23.5 Å². The molecule has 0 saturated carbocycles. The molecule has 9 heteroatoms. The van der Waals surface area contributed by atoms with Gasteiger partial charge in [-0.15, -0.1) is 0 Å². The number of fused-ring (bicyclic) bond motifs is 2. The van der Waals surface area contributed by atoms with Gasteiger partial charge in [0.2, 0.25) is 5.91 Å². The maximum Gasteiger partial charge on any atom is 0.281 e. The van der Waals surface area contributed by atoms with Crippen LogP contribution >= 0.6 is 27.7 Å². The molecule has 3 N–H and O–H groups in total. The number of piperazine rings is 1. The number of nitrogens with one attached hydrogen (secondary N) is 1. The Bertz CT molecular complexity index is 753. The molecule has 2 saturated heterocycles. The molecule has 3 aliphatic heterocycles. The van der Waals surface area contributed by atoms with Gasteiger partial charge in [-0.05, 0) is 18.2 Å². The summed E-state index contributed by atoms with van der Waals surface area (Å²) in [5.74, 6) is 1.35. The summed E-state index contributed by atoms with van der Waals surface area (Å²) in [5.41, 5.74) is 0.997. The summed E-state index contributed by atoms with van der Waals surface area (Å²) in [4.78, 5) is 41.5. The predicted octanol–water partition coefficient (Wildman–Crippen LogP) is -0.309. The second kappa shape index (κ2) is 6.62. The first-order valence-corrected chi connectivity index (χ1v) is 10.1. The van der Waals surface area contributed by atoms with Crippen LogP contribution in [0.25, 0.3) is 0 Å². The van der Waals surface area contributed by atoms with Crippen LogP contribution in [0.3, 0.4) is 0 Å². The third-order valence-corrected chi connectivity index (χ3v) is 6.35. The maximum atomic E-state index is 12.9. The molecule has 0 spiro atoms. The van der Waals surface area contributed by atoms with Crippen LogP contribution in [-0.2, 0) is 9.59 Å². The van der Waals surface area contributed by atoms with Crippen molar-refractivity contribution in [3.8, 4) is 0 Å². The molecule has 25 heavy (non-hydrogen) atoms. The largest absolute Gasteiger partial charge is 0.333 e. The van der Waals surface area contributed by atoms with E-state index >= 15 is 0 Å². The molecule has 1 aromatic rings. The highest BCUT2D eigenvalue weighted by molar-refractivity contribution is 9.10. The smallest absolute Gasteiger partial charge is 0.281 e. The molecule has 132 valence electrons. The zero-order chi connectivity index (χ0) is 17.6. The molecule has 0 aliphatic carbocycles. The maximum absolute atomic E-state index is 12.9. The summed E-state index contributed by atoms with van der Waals surface area (Å²) in [5, 5.41) is 4.87. The number of amides is 3. The van der Waals surface area contributed by atoms with Crippen LogP contribution in [-0.4, -0.2) is 70.9 Å². The average molecular weight is 426 g/mol. The van der Waals surface area contributed by atoms with Crippen molar-refractivity contribution < 1.29 is 19.7 Å². The Morgan fingerprint density at radius 2 is 2.16 bits per heavy atom. The Kier molecular flexibility index (Phi) is 4.47. The van der Waals surface area contributed by atoms with Gasteiger partial charge < -0.3 is 20.4 Å². The molecule has 0 unspecified atom stereocenters. The number of hydrogen-bond donors (Lipinski definition) is 2. The molecular weight excluding hydrogens is 408 g/mol. The number of halogens is 1. The summed E-state index contributed by atoms with van der Waals surface area (Å²) in [6.07, 6.45) is 0. The van der Waals surface area contributed by atoms with Gasteiger partial charge in [0, 0.05) is 17.6 Å². The minimum absolute atomic E-state index is 0.0643. The van der Waals surface area contributed by atoms with Gasteiger partial charge in [0.15, 0.2) is 6.04 Å². The van der Waals surface area contributed by atoms with E-state index in [-0.39, 0.29) is 30.3 Å². The number of quaternary nitrogens is 1. The van der Waals surface area contributed by atoms with E-state index in [1.807, 2.05) is 5.32 Å². The zero-order valence-electron chi connectivity index (χ0n) is 13.4. The lowest BCUT2D eigenvalue weighted by Crippen LogP contribution is -2.90. The van der Waals surface area contributed by atoms with Gasteiger partial charge in [-0.3, -0.25) is 14.4 Å². The second-order valence-electron chi connectivity index (χ2n) is 6.36. The molecule has 4 rings (SSSR count). The zero-order valence-corrected chi connectivity index (χ0v) is 15.8. The summed E-state index contributed by atoms with van der Waals surface area (Å²) in [6, 6.07) is 4.52. The summed E-state index contributed by atoms with van der Waals surface area (Å²) >= 11 is 5.11. The number of rotatable bonds is 1. The number of anilines is 1. The van der Waals surface area contributed by atoms with E-state index in [9.17, 15) is 14.4 Å². The molecule has 0 aromatic heterocycles. The third kappa shape index (κ3) is 3.04. The molecule has 7 nitrogen and oxygen atoms in total. The first kappa shape index (κ1) is 16.9. The van der Waals surface area contributed by atoms with Crippen LogP contribution in [0.4, 0.5) is 5.69 Å². The number of nitrogens with two attached hydrogens (primary N) is 1. The van der Waals surface area contributed by atoms with Gasteiger partial charge in [-0.1, -0.05) is 27.7 Å². The number of carbonyl (C=O) groups excluding carboxylic acids is 3. The summed E-state index contributed by atoms with van der Waals surface area (Å²) in [6.45, 7) is 1.09. The van der Waals surface area contributed by atoms with Crippen LogP contribution in [0, 0.1) is 0 Å².